The van der Waals surface area contributed by atoms with E-state index in [1.54, 1.807) is 0 Å². The van der Waals surface area contributed by atoms with Crippen LogP contribution < -0.4 is 5.32 Å². The zero-order valence-electron chi connectivity index (χ0n) is 8.94. The quantitative estimate of drug-likeness (QED) is 0.810. The lowest BCUT2D eigenvalue weighted by molar-refractivity contribution is -0.137. The molecule has 1 aliphatic heterocycles. The van der Waals surface area contributed by atoms with Crippen molar-refractivity contribution in [3.05, 3.63) is 29.5 Å². The van der Waals surface area contributed by atoms with Crippen LogP contribution in [-0.2, 0) is 11.2 Å². The number of hydrogen-bond acceptors (Lipinski definition) is 3. The maximum Gasteiger partial charge on any atom is 0.303 e. The summed E-state index contributed by atoms with van der Waals surface area (Å²) < 4.78 is 0. The summed E-state index contributed by atoms with van der Waals surface area (Å²) in [7, 11) is 0. The van der Waals surface area contributed by atoms with Crippen LogP contribution in [0.2, 0.25) is 0 Å². The summed E-state index contributed by atoms with van der Waals surface area (Å²) in [5, 5.41) is 11.7. The number of aromatic nitrogens is 1. The predicted octanol–water partition coefficient (Wildman–Crippen LogP) is 1.93. The molecule has 0 radical (unpaired) electrons. The molecule has 2 N–H and O–H groups in total. The van der Waals surface area contributed by atoms with E-state index >= 15 is 0 Å². The monoisotopic (exact) mass is 218 g/mol. The SMILES string of the molecule is O=C(O)CCCc1ccc2c(n1)NCC=C2. The van der Waals surface area contributed by atoms with Gasteiger partial charge in [0.05, 0.1) is 0 Å². The van der Waals surface area contributed by atoms with Gasteiger partial charge in [-0.2, -0.15) is 0 Å². The van der Waals surface area contributed by atoms with Crippen LogP contribution in [0.25, 0.3) is 6.08 Å². The Morgan fingerprint density at radius 3 is 3.19 bits per heavy atom. The number of pyridine rings is 1. The molecule has 0 bridgehead atoms. The number of aliphatic carboxylic acids is 1. The molecule has 0 aromatic carbocycles. The standard InChI is InChI=1S/C12H14N2O2/c15-11(16)5-1-4-10-7-6-9-3-2-8-13-12(9)14-10/h2-3,6-7H,1,4-5,8H2,(H,13,14)(H,15,16). The van der Waals surface area contributed by atoms with Crippen molar-refractivity contribution in [3.8, 4) is 0 Å². The van der Waals surface area contributed by atoms with Gasteiger partial charge in [-0.05, 0) is 25.0 Å². The second-order valence-electron chi connectivity index (χ2n) is 3.77. The number of hydrogen-bond donors (Lipinski definition) is 2. The third kappa shape index (κ3) is 2.59. The summed E-state index contributed by atoms with van der Waals surface area (Å²) in [5.41, 5.74) is 2.04. The summed E-state index contributed by atoms with van der Waals surface area (Å²) in [6.45, 7) is 0.804. The molecule has 0 aliphatic carbocycles. The second-order valence-corrected chi connectivity index (χ2v) is 3.77. The average molecular weight is 218 g/mol. The van der Waals surface area contributed by atoms with Crippen LogP contribution in [0.1, 0.15) is 24.1 Å². The van der Waals surface area contributed by atoms with Crippen molar-refractivity contribution in [1.29, 1.82) is 0 Å². The van der Waals surface area contributed by atoms with E-state index in [0.29, 0.717) is 12.8 Å². The zero-order chi connectivity index (χ0) is 11.4. The van der Waals surface area contributed by atoms with Crippen LogP contribution >= 0.6 is 0 Å². The summed E-state index contributed by atoms with van der Waals surface area (Å²) in [6.07, 6.45) is 5.64. The number of rotatable bonds is 4. The van der Waals surface area contributed by atoms with Crippen LogP contribution in [0.3, 0.4) is 0 Å². The fraction of sp³-hybridized carbons (Fsp3) is 0.333. The van der Waals surface area contributed by atoms with Gasteiger partial charge < -0.3 is 10.4 Å². The van der Waals surface area contributed by atoms with Crippen molar-refractivity contribution in [3.63, 3.8) is 0 Å². The predicted molar refractivity (Wildman–Crippen MR) is 62.3 cm³/mol. The topological polar surface area (TPSA) is 62.2 Å². The van der Waals surface area contributed by atoms with E-state index in [0.717, 1.165) is 23.6 Å². The van der Waals surface area contributed by atoms with E-state index in [-0.39, 0.29) is 6.42 Å². The van der Waals surface area contributed by atoms with Crippen molar-refractivity contribution < 1.29 is 9.90 Å². The van der Waals surface area contributed by atoms with Gasteiger partial charge in [-0.15, -0.1) is 0 Å². The number of anilines is 1. The minimum atomic E-state index is -0.751. The molecule has 84 valence electrons. The minimum absolute atomic E-state index is 0.200. The molecule has 2 heterocycles. The van der Waals surface area contributed by atoms with Crippen LogP contribution in [0.15, 0.2) is 18.2 Å². The molecule has 4 nitrogen and oxygen atoms in total. The van der Waals surface area contributed by atoms with Gasteiger partial charge in [-0.25, -0.2) is 4.98 Å². The molecule has 16 heavy (non-hydrogen) atoms. The molecule has 0 unspecified atom stereocenters. The zero-order valence-corrected chi connectivity index (χ0v) is 8.94. The number of carboxylic acid groups (broad SMARTS) is 1. The first-order chi connectivity index (χ1) is 7.75. The molecule has 1 aliphatic rings. The van der Waals surface area contributed by atoms with Gasteiger partial charge in [0, 0.05) is 24.2 Å². The molecule has 0 saturated carbocycles. The van der Waals surface area contributed by atoms with E-state index in [4.69, 9.17) is 5.11 Å². The summed E-state index contributed by atoms with van der Waals surface area (Å²) >= 11 is 0. The van der Waals surface area contributed by atoms with E-state index < -0.39 is 5.97 Å². The Kier molecular flexibility index (Phi) is 3.19. The Morgan fingerprint density at radius 2 is 2.38 bits per heavy atom. The lowest BCUT2D eigenvalue weighted by Gasteiger charge is -2.12. The smallest absolute Gasteiger partial charge is 0.303 e. The largest absolute Gasteiger partial charge is 0.481 e. The Labute approximate surface area is 94.0 Å². The van der Waals surface area contributed by atoms with Crippen LogP contribution in [-0.4, -0.2) is 22.6 Å². The van der Waals surface area contributed by atoms with Gasteiger partial charge in [0.1, 0.15) is 5.82 Å². The number of carbonyl (C=O) groups is 1. The van der Waals surface area contributed by atoms with Crippen molar-refractivity contribution in [2.45, 2.75) is 19.3 Å². The third-order valence-corrected chi connectivity index (χ3v) is 2.49. The number of nitrogens with one attached hydrogen (secondary N) is 1. The molecule has 0 atom stereocenters. The van der Waals surface area contributed by atoms with Crippen molar-refractivity contribution in [2.75, 3.05) is 11.9 Å². The highest BCUT2D eigenvalue weighted by atomic mass is 16.4. The van der Waals surface area contributed by atoms with Crippen molar-refractivity contribution in [1.82, 2.24) is 4.98 Å². The summed E-state index contributed by atoms with van der Waals surface area (Å²) in [6, 6.07) is 3.97. The molecule has 1 aromatic rings. The fourth-order valence-corrected chi connectivity index (χ4v) is 1.69. The second kappa shape index (κ2) is 4.79. The maximum absolute atomic E-state index is 10.4. The van der Waals surface area contributed by atoms with E-state index in [1.807, 2.05) is 24.3 Å². The molecular formula is C12H14N2O2. The molecule has 0 spiro atoms. The molecule has 2 rings (SSSR count). The Morgan fingerprint density at radius 1 is 1.50 bits per heavy atom. The van der Waals surface area contributed by atoms with Crippen molar-refractivity contribution >= 4 is 17.9 Å². The van der Waals surface area contributed by atoms with Gasteiger partial charge in [-0.3, -0.25) is 4.79 Å². The molecular weight excluding hydrogens is 204 g/mol. The number of aryl methyl sites for hydroxylation is 1. The first-order valence-electron chi connectivity index (χ1n) is 5.38. The highest BCUT2D eigenvalue weighted by Gasteiger charge is 2.06. The third-order valence-electron chi connectivity index (χ3n) is 2.49. The van der Waals surface area contributed by atoms with Crippen LogP contribution in [0.4, 0.5) is 5.82 Å². The Balaban J connectivity index is 2.01. The highest BCUT2D eigenvalue weighted by Crippen LogP contribution is 2.19. The highest BCUT2D eigenvalue weighted by molar-refractivity contribution is 5.67. The molecule has 0 amide bonds. The van der Waals surface area contributed by atoms with Crippen LogP contribution in [0, 0.1) is 0 Å². The Hall–Kier alpha value is -1.84. The number of nitrogens with zero attached hydrogens (tertiary/aromatic N) is 1. The van der Waals surface area contributed by atoms with E-state index in [1.165, 1.54) is 0 Å². The molecule has 1 aromatic heterocycles. The maximum atomic E-state index is 10.4. The van der Waals surface area contributed by atoms with Gasteiger partial charge in [0.15, 0.2) is 0 Å². The average Bonchev–Trinajstić information content (AvgIpc) is 2.28. The summed E-state index contributed by atoms with van der Waals surface area (Å²) in [4.78, 5) is 14.8. The lowest BCUT2D eigenvalue weighted by atomic mass is 10.1. The van der Waals surface area contributed by atoms with Gasteiger partial charge in [0.25, 0.3) is 0 Å². The first kappa shape index (κ1) is 10.7. The van der Waals surface area contributed by atoms with Crippen LogP contribution in [0.5, 0.6) is 0 Å². The van der Waals surface area contributed by atoms with E-state index in [9.17, 15) is 4.79 Å². The molecule has 4 heteroatoms. The normalized spacial score (nSPS) is 13.0. The van der Waals surface area contributed by atoms with Gasteiger partial charge in [0.2, 0.25) is 0 Å². The number of fused-ring (bicyclic) bond motifs is 1. The Bertz CT molecular complexity index is 427. The van der Waals surface area contributed by atoms with Gasteiger partial charge in [-0.1, -0.05) is 12.2 Å². The summed E-state index contributed by atoms with van der Waals surface area (Å²) in [5.74, 6) is 0.148. The first-order valence-corrected chi connectivity index (χ1v) is 5.38. The minimum Gasteiger partial charge on any atom is -0.481 e. The van der Waals surface area contributed by atoms with Gasteiger partial charge >= 0.3 is 5.97 Å². The molecule has 0 fully saturated rings. The number of carboxylic acids is 1. The van der Waals surface area contributed by atoms with Crippen molar-refractivity contribution in [2.24, 2.45) is 0 Å². The fourth-order valence-electron chi connectivity index (χ4n) is 1.69. The lowest BCUT2D eigenvalue weighted by Crippen LogP contribution is -2.08. The molecule has 0 saturated heterocycles. The van der Waals surface area contributed by atoms with E-state index in [2.05, 4.69) is 10.3 Å².